The highest BCUT2D eigenvalue weighted by atomic mass is 19.1. The van der Waals surface area contributed by atoms with Gasteiger partial charge in [0.15, 0.2) is 11.6 Å². The molecule has 1 heterocycles. The SMILES string of the molecule is CC(C)C[C@@H](C)COc1ccc(B2OC(C)(C)C(C)(C)O2)cc1F. The molecule has 1 atom stereocenters. The van der Waals surface area contributed by atoms with Gasteiger partial charge in [-0.3, -0.25) is 0 Å². The Morgan fingerprint density at radius 2 is 1.67 bits per heavy atom. The largest absolute Gasteiger partial charge is 0.494 e. The fourth-order valence-corrected chi connectivity index (χ4v) is 2.86. The molecule has 0 amide bonds. The molecule has 1 saturated heterocycles. The van der Waals surface area contributed by atoms with Crippen LogP contribution < -0.4 is 10.2 Å². The van der Waals surface area contributed by atoms with Crippen molar-refractivity contribution in [3.05, 3.63) is 24.0 Å². The van der Waals surface area contributed by atoms with Gasteiger partial charge in [0, 0.05) is 0 Å². The Hall–Kier alpha value is -1.07. The van der Waals surface area contributed by atoms with Gasteiger partial charge in [-0.2, -0.15) is 0 Å². The molecule has 0 aliphatic carbocycles. The van der Waals surface area contributed by atoms with Gasteiger partial charge >= 0.3 is 7.12 Å². The van der Waals surface area contributed by atoms with Gasteiger partial charge in [-0.25, -0.2) is 4.39 Å². The minimum atomic E-state index is -0.557. The second kappa shape index (κ2) is 7.05. The first kappa shape index (κ1) is 19.3. The van der Waals surface area contributed by atoms with Crippen molar-refractivity contribution in [3.8, 4) is 5.75 Å². The maximum Gasteiger partial charge on any atom is 0.494 e. The van der Waals surface area contributed by atoms with Gasteiger partial charge in [-0.1, -0.05) is 26.8 Å². The molecule has 1 aliphatic heterocycles. The zero-order valence-electron chi connectivity index (χ0n) is 16.0. The van der Waals surface area contributed by atoms with E-state index in [2.05, 4.69) is 20.8 Å². The maximum absolute atomic E-state index is 14.4. The molecular formula is C19H30BFO3. The Balaban J connectivity index is 2.03. The van der Waals surface area contributed by atoms with E-state index in [9.17, 15) is 4.39 Å². The summed E-state index contributed by atoms with van der Waals surface area (Å²) < 4.78 is 31.9. The normalized spacial score (nSPS) is 20.5. The molecule has 1 aromatic carbocycles. The zero-order valence-corrected chi connectivity index (χ0v) is 16.0. The van der Waals surface area contributed by atoms with Gasteiger partial charge < -0.3 is 14.0 Å². The second-order valence-electron chi connectivity index (χ2n) is 8.32. The fraction of sp³-hybridized carbons (Fsp3) is 0.684. The Morgan fingerprint density at radius 3 is 2.17 bits per heavy atom. The minimum absolute atomic E-state index is 0.283. The van der Waals surface area contributed by atoms with E-state index < -0.39 is 18.3 Å². The van der Waals surface area contributed by atoms with E-state index in [1.54, 1.807) is 6.07 Å². The predicted octanol–water partition coefficient (Wildman–Crippen LogP) is 4.19. The van der Waals surface area contributed by atoms with Crippen LogP contribution in [0.3, 0.4) is 0 Å². The molecule has 24 heavy (non-hydrogen) atoms. The van der Waals surface area contributed by atoms with Gasteiger partial charge in [0.1, 0.15) is 0 Å². The van der Waals surface area contributed by atoms with Crippen molar-refractivity contribution in [3.63, 3.8) is 0 Å². The highest BCUT2D eigenvalue weighted by Gasteiger charge is 2.51. The zero-order chi connectivity index (χ0) is 18.1. The summed E-state index contributed by atoms with van der Waals surface area (Å²) >= 11 is 0. The van der Waals surface area contributed by atoms with Crippen LogP contribution in [0.25, 0.3) is 0 Å². The molecule has 0 bridgehead atoms. The molecule has 1 aliphatic rings. The van der Waals surface area contributed by atoms with Crippen LogP contribution >= 0.6 is 0 Å². The molecule has 1 aromatic rings. The molecule has 5 heteroatoms. The van der Waals surface area contributed by atoms with E-state index in [1.165, 1.54) is 6.07 Å². The quantitative estimate of drug-likeness (QED) is 0.729. The average Bonchev–Trinajstić information content (AvgIpc) is 2.65. The monoisotopic (exact) mass is 336 g/mol. The van der Waals surface area contributed by atoms with Gasteiger partial charge in [0.2, 0.25) is 0 Å². The highest BCUT2D eigenvalue weighted by molar-refractivity contribution is 6.62. The lowest BCUT2D eigenvalue weighted by Gasteiger charge is -2.32. The lowest BCUT2D eigenvalue weighted by atomic mass is 9.79. The van der Waals surface area contributed by atoms with Crippen molar-refractivity contribution >= 4 is 12.6 Å². The Bertz CT molecular complexity index is 556. The topological polar surface area (TPSA) is 27.7 Å². The molecule has 3 nitrogen and oxygen atoms in total. The predicted molar refractivity (Wildman–Crippen MR) is 96.2 cm³/mol. The lowest BCUT2D eigenvalue weighted by Crippen LogP contribution is -2.41. The summed E-state index contributed by atoms with van der Waals surface area (Å²) in [5, 5.41) is 0. The van der Waals surface area contributed by atoms with Crippen LogP contribution in [0, 0.1) is 17.7 Å². The van der Waals surface area contributed by atoms with Crippen molar-refractivity contribution in [2.24, 2.45) is 11.8 Å². The van der Waals surface area contributed by atoms with E-state index >= 15 is 0 Å². The third kappa shape index (κ3) is 4.31. The van der Waals surface area contributed by atoms with Crippen molar-refractivity contribution in [1.82, 2.24) is 0 Å². The van der Waals surface area contributed by atoms with E-state index in [0.29, 0.717) is 23.9 Å². The molecule has 0 radical (unpaired) electrons. The third-order valence-electron chi connectivity index (χ3n) is 4.88. The average molecular weight is 336 g/mol. The standard InChI is InChI=1S/C19H30BFO3/c1-13(2)10-14(3)12-22-17-9-8-15(11-16(17)21)20-23-18(4,5)19(6,7)24-20/h8-9,11,13-14H,10,12H2,1-7H3/t14-/m1/s1. The van der Waals surface area contributed by atoms with Crippen LogP contribution in [0.5, 0.6) is 5.75 Å². The Labute approximate surface area is 146 Å². The van der Waals surface area contributed by atoms with E-state index in [1.807, 2.05) is 33.8 Å². The Kier molecular flexibility index (Phi) is 5.66. The van der Waals surface area contributed by atoms with Gasteiger partial charge in [-0.05, 0) is 63.5 Å². The fourth-order valence-electron chi connectivity index (χ4n) is 2.86. The molecule has 2 rings (SSSR count). The molecule has 0 N–H and O–H groups in total. The summed E-state index contributed by atoms with van der Waals surface area (Å²) in [5.74, 6) is 0.913. The van der Waals surface area contributed by atoms with Gasteiger partial charge in [0.25, 0.3) is 0 Å². The Morgan fingerprint density at radius 1 is 1.08 bits per heavy atom. The van der Waals surface area contributed by atoms with Crippen LogP contribution in [0.15, 0.2) is 18.2 Å². The third-order valence-corrected chi connectivity index (χ3v) is 4.88. The molecule has 0 aromatic heterocycles. The molecule has 0 spiro atoms. The van der Waals surface area contributed by atoms with Crippen molar-refractivity contribution in [2.45, 2.75) is 66.1 Å². The van der Waals surface area contributed by atoms with Crippen LogP contribution in [0.2, 0.25) is 0 Å². The van der Waals surface area contributed by atoms with Crippen LogP contribution in [0.4, 0.5) is 4.39 Å². The summed E-state index contributed by atoms with van der Waals surface area (Å²) in [6, 6.07) is 4.93. The summed E-state index contributed by atoms with van der Waals surface area (Å²) in [7, 11) is -0.557. The van der Waals surface area contributed by atoms with Crippen molar-refractivity contribution in [2.75, 3.05) is 6.61 Å². The van der Waals surface area contributed by atoms with Gasteiger partial charge in [-0.15, -0.1) is 0 Å². The molecule has 134 valence electrons. The summed E-state index contributed by atoms with van der Waals surface area (Å²) in [6.07, 6.45) is 1.06. The summed E-state index contributed by atoms with van der Waals surface area (Å²) in [4.78, 5) is 0. The first-order valence-electron chi connectivity index (χ1n) is 8.79. The van der Waals surface area contributed by atoms with Gasteiger partial charge in [0.05, 0.1) is 17.8 Å². The number of halogens is 1. The molecular weight excluding hydrogens is 306 g/mol. The first-order valence-corrected chi connectivity index (χ1v) is 8.79. The van der Waals surface area contributed by atoms with Crippen molar-refractivity contribution < 1.29 is 18.4 Å². The van der Waals surface area contributed by atoms with Crippen molar-refractivity contribution in [1.29, 1.82) is 0 Å². The lowest BCUT2D eigenvalue weighted by molar-refractivity contribution is 0.00578. The van der Waals surface area contributed by atoms with Crippen LogP contribution in [-0.4, -0.2) is 24.9 Å². The first-order chi connectivity index (χ1) is 11.0. The molecule has 1 fully saturated rings. The van der Waals surface area contributed by atoms with E-state index in [0.717, 1.165) is 6.42 Å². The minimum Gasteiger partial charge on any atom is -0.490 e. The molecule has 0 saturated carbocycles. The number of hydrogen-bond donors (Lipinski definition) is 0. The number of hydrogen-bond acceptors (Lipinski definition) is 3. The van der Waals surface area contributed by atoms with Crippen LogP contribution in [-0.2, 0) is 9.31 Å². The second-order valence-corrected chi connectivity index (χ2v) is 8.32. The number of ether oxygens (including phenoxy) is 1. The maximum atomic E-state index is 14.4. The highest BCUT2D eigenvalue weighted by Crippen LogP contribution is 2.36. The van der Waals surface area contributed by atoms with E-state index in [4.69, 9.17) is 14.0 Å². The number of benzene rings is 1. The van der Waals surface area contributed by atoms with E-state index in [-0.39, 0.29) is 11.6 Å². The molecule has 0 unspecified atom stereocenters. The smallest absolute Gasteiger partial charge is 0.490 e. The summed E-state index contributed by atoms with van der Waals surface area (Å²) in [5.41, 5.74) is -0.195. The summed E-state index contributed by atoms with van der Waals surface area (Å²) in [6.45, 7) is 14.9. The van der Waals surface area contributed by atoms with Crippen LogP contribution in [0.1, 0.15) is 54.9 Å². The number of rotatable bonds is 6.